The van der Waals surface area contributed by atoms with Crippen molar-refractivity contribution in [3.8, 4) is 0 Å². The molecule has 3 rings (SSSR count). The molecule has 2 aromatic rings. The zero-order valence-electron chi connectivity index (χ0n) is 10.5. The first kappa shape index (κ1) is 10.8. The van der Waals surface area contributed by atoms with Crippen LogP contribution in [0.5, 0.6) is 0 Å². The number of benzene rings is 1. The van der Waals surface area contributed by atoms with E-state index in [1.54, 1.807) is 0 Å². The molecule has 1 saturated carbocycles. The molecule has 3 N–H and O–H groups in total. The number of nitrogens with one attached hydrogen (secondary N) is 1. The molecule has 1 aliphatic rings. The van der Waals surface area contributed by atoms with Crippen molar-refractivity contribution in [1.82, 2.24) is 4.98 Å². The van der Waals surface area contributed by atoms with Gasteiger partial charge in [0, 0.05) is 29.1 Å². The molecule has 0 saturated heterocycles. The van der Waals surface area contributed by atoms with Gasteiger partial charge in [-0.1, -0.05) is 32.0 Å². The topological polar surface area (TPSA) is 41.8 Å². The van der Waals surface area contributed by atoms with Crippen molar-refractivity contribution >= 4 is 10.9 Å². The number of hydrogen-bond donors (Lipinski definition) is 2. The molecule has 0 bridgehead atoms. The number of para-hydroxylation sites is 1. The highest BCUT2D eigenvalue weighted by Crippen LogP contribution is 2.58. The molecule has 2 atom stereocenters. The predicted octanol–water partition coefficient (Wildman–Crippen LogP) is 3.04. The summed E-state index contributed by atoms with van der Waals surface area (Å²) in [5, 5.41) is 1.35. The van der Waals surface area contributed by atoms with Crippen molar-refractivity contribution in [1.29, 1.82) is 0 Å². The number of fused-ring (bicyclic) bond motifs is 1. The van der Waals surface area contributed by atoms with Crippen LogP contribution in [0.2, 0.25) is 0 Å². The fourth-order valence-corrected chi connectivity index (χ4v) is 3.35. The van der Waals surface area contributed by atoms with Gasteiger partial charge in [0.1, 0.15) is 0 Å². The number of H-pyrrole nitrogens is 1. The zero-order chi connectivity index (χ0) is 12.0. The Morgan fingerprint density at radius 2 is 2.18 bits per heavy atom. The van der Waals surface area contributed by atoms with E-state index in [9.17, 15) is 0 Å². The van der Waals surface area contributed by atoms with Crippen LogP contribution in [0.4, 0.5) is 0 Å². The van der Waals surface area contributed by atoms with E-state index in [4.69, 9.17) is 5.73 Å². The SMILES string of the molecule is CC(C)C1CC1(CN)c1c[nH]c2ccccc12. The monoisotopic (exact) mass is 228 g/mol. The fourth-order valence-electron chi connectivity index (χ4n) is 3.35. The third-order valence-electron chi connectivity index (χ3n) is 4.43. The number of aromatic amines is 1. The molecule has 1 aromatic heterocycles. The highest BCUT2D eigenvalue weighted by Gasteiger charge is 2.56. The van der Waals surface area contributed by atoms with Crippen molar-refractivity contribution in [2.24, 2.45) is 17.6 Å². The maximum absolute atomic E-state index is 6.07. The molecule has 2 nitrogen and oxygen atoms in total. The second kappa shape index (κ2) is 3.61. The predicted molar refractivity (Wildman–Crippen MR) is 72.0 cm³/mol. The first-order valence-corrected chi connectivity index (χ1v) is 6.46. The van der Waals surface area contributed by atoms with Crippen molar-refractivity contribution in [3.63, 3.8) is 0 Å². The Balaban J connectivity index is 2.10. The van der Waals surface area contributed by atoms with E-state index >= 15 is 0 Å². The van der Waals surface area contributed by atoms with E-state index in [0.717, 1.165) is 12.5 Å². The lowest BCUT2D eigenvalue weighted by molar-refractivity contribution is 0.485. The summed E-state index contributed by atoms with van der Waals surface area (Å²) in [5.74, 6) is 1.46. The Morgan fingerprint density at radius 3 is 2.82 bits per heavy atom. The smallest absolute Gasteiger partial charge is 0.0457 e. The Morgan fingerprint density at radius 1 is 1.41 bits per heavy atom. The standard InChI is InChI=1S/C15H20N2/c1-10(2)12-7-15(12,9-16)13-8-17-14-6-4-3-5-11(13)14/h3-6,8,10,12,17H,7,9,16H2,1-2H3. The van der Waals surface area contributed by atoms with Crippen LogP contribution in [0.1, 0.15) is 25.8 Å². The van der Waals surface area contributed by atoms with Gasteiger partial charge in [0.2, 0.25) is 0 Å². The molecule has 1 aromatic carbocycles. The fraction of sp³-hybridized carbons (Fsp3) is 0.467. The molecular weight excluding hydrogens is 208 g/mol. The van der Waals surface area contributed by atoms with E-state index < -0.39 is 0 Å². The Hall–Kier alpha value is -1.28. The van der Waals surface area contributed by atoms with Gasteiger partial charge in [-0.25, -0.2) is 0 Å². The normalized spacial score (nSPS) is 27.9. The van der Waals surface area contributed by atoms with Crippen LogP contribution in [0, 0.1) is 11.8 Å². The summed E-state index contributed by atoms with van der Waals surface area (Å²) in [6.45, 7) is 5.37. The van der Waals surface area contributed by atoms with Gasteiger partial charge in [-0.2, -0.15) is 0 Å². The molecule has 0 spiro atoms. The lowest BCUT2D eigenvalue weighted by Crippen LogP contribution is -2.23. The first-order chi connectivity index (χ1) is 8.19. The molecule has 90 valence electrons. The highest BCUT2D eigenvalue weighted by atomic mass is 14.8. The highest BCUT2D eigenvalue weighted by molar-refractivity contribution is 5.85. The maximum atomic E-state index is 6.07. The average Bonchev–Trinajstić information content (AvgIpc) is 2.94. The summed E-state index contributed by atoms with van der Waals surface area (Å²) >= 11 is 0. The third kappa shape index (κ3) is 1.44. The van der Waals surface area contributed by atoms with Crippen LogP contribution in [-0.4, -0.2) is 11.5 Å². The second-order valence-corrected chi connectivity index (χ2v) is 5.66. The molecule has 1 aliphatic carbocycles. The lowest BCUT2D eigenvalue weighted by Gasteiger charge is -2.16. The van der Waals surface area contributed by atoms with E-state index in [-0.39, 0.29) is 5.41 Å². The quantitative estimate of drug-likeness (QED) is 0.833. The number of hydrogen-bond acceptors (Lipinski definition) is 1. The molecule has 17 heavy (non-hydrogen) atoms. The van der Waals surface area contributed by atoms with Gasteiger partial charge in [0.05, 0.1) is 0 Å². The van der Waals surface area contributed by atoms with E-state index in [0.29, 0.717) is 5.92 Å². The first-order valence-electron chi connectivity index (χ1n) is 6.46. The minimum Gasteiger partial charge on any atom is -0.361 e. The van der Waals surface area contributed by atoms with Crippen LogP contribution < -0.4 is 5.73 Å². The number of rotatable bonds is 3. The molecule has 1 fully saturated rings. The van der Waals surface area contributed by atoms with Crippen LogP contribution >= 0.6 is 0 Å². The minimum absolute atomic E-state index is 0.230. The maximum Gasteiger partial charge on any atom is 0.0457 e. The molecule has 0 radical (unpaired) electrons. The van der Waals surface area contributed by atoms with Crippen molar-refractivity contribution in [2.45, 2.75) is 25.7 Å². The van der Waals surface area contributed by atoms with Crippen LogP contribution in [-0.2, 0) is 5.41 Å². The Kier molecular flexibility index (Phi) is 2.30. The molecule has 0 aliphatic heterocycles. The average molecular weight is 228 g/mol. The van der Waals surface area contributed by atoms with Crippen molar-refractivity contribution in [2.75, 3.05) is 6.54 Å². The summed E-state index contributed by atoms with van der Waals surface area (Å²) < 4.78 is 0. The molecule has 2 heteroatoms. The second-order valence-electron chi connectivity index (χ2n) is 5.66. The minimum atomic E-state index is 0.230. The van der Waals surface area contributed by atoms with Gasteiger partial charge < -0.3 is 10.7 Å². The molecule has 2 unspecified atom stereocenters. The van der Waals surface area contributed by atoms with Crippen molar-refractivity contribution in [3.05, 3.63) is 36.0 Å². The van der Waals surface area contributed by atoms with Gasteiger partial charge >= 0.3 is 0 Å². The Bertz CT molecular complexity index is 541. The van der Waals surface area contributed by atoms with Gasteiger partial charge in [-0.15, -0.1) is 0 Å². The molecule has 1 heterocycles. The van der Waals surface area contributed by atoms with Gasteiger partial charge in [0.15, 0.2) is 0 Å². The van der Waals surface area contributed by atoms with Gasteiger partial charge in [-0.05, 0) is 29.9 Å². The number of aromatic nitrogens is 1. The summed E-state index contributed by atoms with van der Waals surface area (Å²) in [6, 6.07) is 8.52. The number of nitrogens with two attached hydrogens (primary N) is 1. The van der Waals surface area contributed by atoms with Gasteiger partial charge in [-0.3, -0.25) is 0 Å². The van der Waals surface area contributed by atoms with Crippen LogP contribution in [0.15, 0.2) is 30.5 Å². The zero-order valence-corrected chi connectivity index (χ0v) is 10.5. The van der Waals surface area contributed by atoms with E-state index in [1.807, 2.05) is 0 Å². The lowest BCUT2D eigenvalue weighted by atomic mass is 9.89. The van der Waals surface area contributed by atoms with E-state index in [1.165, 1.54) is 22.9 Å². The van der Waals surface area contributed by atoms with E-state index in [2.05, 4.69) is 49.3 Å². The van der Waals surface area contributed by atoms with Crippen LogP contribution in [0.3, 0.4) is 0 Å². The molecular formula is C15H20N2. The Labute approximate surface area is 102 Å². The van der Waals surface area contributed by atoms with Crippen LogP contribution in [0.25, 0.3) is 10.9 Å². The summed E-state index contributed by atoms with van der Waals surface area (Å²) in [6.07, 6.45) is 3.41. The largest absolute Gasteiger partial charge is 0.361 e. The third-order valence-corrected chi connectivity index (χ3v) is 4.43. The van der Waals surface area contributed by atoms with Crippen molar-refractivity contribution < 1.29 is 0 Å². The van der Waals surface area contributed by atoms with Gasteiger partial charge in [0.25, 0.3) is 0 Å². The molecule has 0 amide bonds. The summed E-state index contributed by atoms with van der Waals surface area (Å²) in [4.78, 5) is 3.37. The summed E-state index contributed by atoms with van der Waals surface area (Å²) in [5.41, 5.74) is 8.95. The summed E-state index contributed by atoms with van der Waals surface area (Å²) in [7, 11) is 0.